The molecule has 0 aliphatic carbocycles. The van der Waals surface area contributed by atoms with Crippen molar-refractivity contribution in [3.63, 3.8) is 0 Å². The van der Waals surface area contributed by atoms with Gasteiger partial charge in [0.25, 0.3) is 0 Å². The predicted octanol–water partition coefficient (Wildman–Crippen LogP) is 4.06. The molecular weight excluding hydrogens is 246 g/mol. The van der Waals surface area contributed by atoms with E-state index in [2.05, 4.69) is 53.8 Å². The topological polar surface area (TPSA) is 21.3 Å². The van der Waals surface area contributed by atoms with Gasteiger partial charge in [0.05, 0.1) is 12.3 Å². The van der Waals surface area contributed by atoms with Gasteiger partial charge in [-0.15, -0.1) is 0 Å². The molecule has 1 N–H and O–H groups in total. The van der Waals surface area contributed by atoms with Crippen LogP contribution in [0.4, 0.5) is 5.69 Å². The Hall–Kier alpha value is -1.96. The molecule has 2 heteroatoms. The van der Waals surface area contributed by atoms with Crippen LogP contribution in [-0.2, 0) is 12.8 Å². The zero-order valence-corrected chi connectivity index (χ0v) is 11.8. The lowest BCUT2D eigenvalue weighted by atomic mass is 10.0. The zero-order chi connectivity index (χ0) is 13.6. The van der Waals surface area contributed by atoms with Crippen molar-refractivity contribution in [2.45, 2.75) is 25.7 Å². The first-order chi connectivity index (χ1) is 9.93. The Bertz CT molecular complexity index is 551. The van der Waals surface area contributed by atoms with E-state index >= 15 is 0 Å². The molecule has 1 aliphatic heterocycles. The second kappa shape index (κ2) is 6.47. The van der Waals surface area contributed by atoms with Gasteiger partial charge < -0.3 is 10.1 Å². The molecule has 0 atom stereocenters. The number of aryl methyl sites for hydroxylation is 2. The van der Waals surface area contributed by atoms with Crippen LogP contribution >= 0.6 is 0 Å². The van der Waals surface area contributed by atoms with Gasteiger partial charge in [-0.3, -0.25) is 0 Å². The van der Waals surface area contributed by atoms with Crippen molar-refractivity contribution < 1.29 is 4.74 Å². The first-order valence-corrected chi connectivity index (χ1v) is 7.46. The second-order valence-corrected chi connectivity index (χ2v) is 5.26. The number of rotatable bonds is 5. The lowest BCUT2D eigenvalue weighted by Gasteiger charge is -2.21. The third kappa shape index (κ3) is 3.13. The maximum Gasteiger partial charge on any atom is 0.142 e. The number of fused-ring (bicyclic) bond motifs is 1. The SMILES string of the molecule is c1ccc(CCCOc2cccc3c2NCCC3)cc1. The molecule has 20 heavy (non-hydrogen) atoms. The number of benzene rings is 2. The van der Waals surface area contributed by atoms with Crippen molar-refractivity contribution in [3.8, 4) is 5.75 Å². The maximum absolute atomic E-state index is 5.96. The minimum atomic E-state index is 0.771. The Morgan fingerprint density at radius 2 is 1.90 bits per heavy atom. The molecule has 0 unspecified atom stereocenters. The molecule has 0 aromatic heterocycles. The number of hydrogen-bond donors (Lipinski definition) is 1. The highest BCUT2D eigenvalue weighted by Gasteiger charge is 2.12. The second-order valence-electron chi connectivity index (χ2n) is 5.26. The van der Waals surface area contributed by atoms with Crippen LogP contribution in [0, 0.1) is 0 Å². The molecule has 0 fully saturated rings. The summed E-state index contributed by atoms with van der Waals surface area (Å²) in [6.45, 7) is 1.82. The van der Waals surface area contributed by atoms with Crippen LogP contribution in [0.3, 0.4) is 0 Å². The molecule has 0 saturated carbocycles. The summed E-state index contributed by atoms with van der Waals surface area (Å²) in [6, 6.07) is 16.9. The standard InChI is InChI=1S/C18H21NO/c1-2-7-15(8-3-1)9-6-14-20-17-12-4-10-16-11-5-13-19-18(16)17/h1-4,7-8,10,12,19H,5-6,9,11,13-14H2. The first-order valence-electron chi connectivity index (χ1n) is 7.46. The predicted molar refractivity (Wildman–Crippen MR) is 83.5 cm³/mol. The van der Waals surface area contributed by atoms with Gasteiger partial charge in [0.1, 0.15) is 5.75 Å². The number of ether oxygens (including phenoxy) is 1. The van der Waals surface area contributed by atoms with Gasteiger partial charge in [0.2, 0.25) is 0 Å². The third-order valence-electron chi connectivity index (χ3n) is 3.75. The fraction of sp³-hybridized carbons (Fsp3) is 0.333. The Morgan fingerprint density at radius 1 is 1.00 bits per heavy atom. The fourth-order valence-electron chi connectivity index (χ4n) is 2.70. The van der Waals surface area contributed by atoms with Crippen LogP contribution < -0.4 is 10.1 Å². The highest BCUT2D eigenvalue weighted by Crippen LogP contribution is 2.32. The highest BCUT2D eigenvalue weighted by atomic mass is 16.5. The maximum atomic E-state index is 5.96. The van der Waals surface area contributed by atoms with Gasteiger partial charge in [-0.25, -0.2) is 0 Å². The smallest absolute Gasteiger partial charge is 0.142 e. The lowest BCUT2D eigenvalue weighted by molar-refractivity contribution is 0.312. The molecule has 1 aliphatic rings. The minimum Gasteiger partial charge on any atom is -0.491 e. The van der Waals surface area contributed by atoms with E-state index in [0.717, 1.165) is 38.2 Å². The zero-order valence-electron chi connectivity index (χ0n) is 11.8. The number of anilines is 1. The van der Waals surface area contributed by atoms with E-state index in [1.165, 1.54) is 23.2 Å². The van der Waals surface area contributed by atoms with Crippen LogP contribution in [0.25, 0.3) is 0 Å². The van der Waals surface area contributed by atoms with Crippen molar-refractivity contribution in [1.82, 2.24) is 0 Å². The molecule has 2 nitrogen and oxygen atoms in total. The van der Waals surface area contributed by atoms with Crippen LogP contribution in [0.2, 0.25) is 0 Å². The number of hydrogen-bond acceptors (Lipinski definition) is 2. The average Bonchev–Trinajstić information content (AvgIpc) is 2.53. The van der Waals surface area contributed by atoms with E-state index in [4.69, 9.17) is 4.74 Å². The normalized spacial score (nSPS) is 13.4. The number of para-hydroxylation sites is 1. The summed E-state index contributed by atoms with van der Waals surface area (Å²) in [5.41, 5.74) is 3.97. The van der Waals surface area contributed by atoms with E-state index in [0.29, 0.717) is 0 Å². The highest BCUT2D eigenvalue weighted by molar-refractivity contribution is 5.63. The summed E-state index contributed by atoms with van der Waals surface area (Å²) in [7, 11) is 0. The molecule has 2 aromatic rings. The monoisotopic (exact) mass is 267 g/mol. The average molecular weight is 267 g/mol. The molecule has 0 amide bonds. The van der Waals surface area contributed by atoms with Crippen molar-refractivity contribution in [1.29, 1.82) is 0 Å². The Balaban J connectivity index is 1.54. The quantitative estimate of drug-likeness (QED) is 0.825. The summed E-state index contributed by atoms with van der Waals surface area (Å²) in [5, 5.41) is 3.46. The first kappa shape index (κ1) is 13.0. The van der Waals surface area contributed by atoms with E-state index in [-0.39, 0.29) is 0 Å². The molecule has 0 bridgehead atoms. The van der Waals surface area contributed by atoms with Gasteiger partial charge in [0.15, 0.2) is 0 Å². The Morgan fingerprint density at radius 3 is 2.80 bits per heavy atom. The molecule has 104 valence electrons. The summed E-state index contributed by atoms with van der Waals surface area (Å²) in [4.78, 5) is 0. The van der Waals surface area contributed by atoms with Gasteiger partial charge in [0, 0.05) is 6.54 Å². The van der Waals surface area contributed by atoms with Crippen molar-refractivity contribution in [2.75, 3.05) is 18.5 Å². The van der Waals surface area contributed by atoms with Crippen LogP contribution in [0.5, 0.6) is 5.75 Å². The van der Waals surface area contributed by atoms with Gasteiger partial charge in [-0.2, -0.15) is 0 Å². The van der Waals surface area contributed by atoms with Crippen molar-refractivity contribution >= 4 is 5.69 Å². The summed E-state index contributed by atoms with van der Waals surface area (Å²) < 4.78 is 5.96. The molecule has 0 radical (unpaired) electrons. The van der Waals surface area contributed by atoms with Crippen molar-refractivity contribution in [2.24, 2.45) is 0 Å². The van der Waals surface area contributed by atoms with Crippen LogP contribution in [0.1, 0.15) is 24.0 Å². The van der Waals surface area contributed by atoms with E-state index in [1.807, 2.05) is 0 Å². The van der Waals surface area contributed by atoms with Gasteiger partial charge in [-0.1, -0.05) is 42.5 Å². The molecular formula is C18H21NO. The molecule has 0 saturated heterocycles. The van der Waals surface area contributed by atoms with Crippen LogP contribution in [0.15, 0.2) is 48.5 Å². The van der Waals surface area contributed by atoms with E-state index in [9.17, 15) is 0 Å². The minimum absolute atomic E-state index is 0.771. The van der Waals surface area contributed by atoms with Crippen molar-refractivity contribution in [3.05, 3.63) is 59.7 Å². The lowest BCUT2D eigenvalue weighted by Crippen LogP contribution is -2.13. The largest absolute Gasteiger partial charge is 0.491 e. The number of nitrogens with one attached hydrogen (secondary N) is 1. The van der Waals surface area contributed by atoms with E-state index < -0.39 is 0 Å². The summed E-state index contributed by atoms with van der Waals surface area (Å²) in [5.74, 6) is 1.01. The molecule has 2 aromatic carbocycles. The molecule has 3 rings (SSSR count). The van der Waals surface area contributed by atoms with Gasteiger partial charge in [-0.05, 0) is 42.9 Å². The van der Waals surface area contributed by atoms with Gasteiger partial charge >= 0.3 is 0 Å². The Kier molecular flexibility index (Phi) is 4.22. The fourth-order valence-corrected chi connectivity index (χ4v) is 2.70. The molecule has 0 spiro atoms. The molecule has 1 heterocycles. The third-order valence-corrected chi connectivity index (χ3v) is 3.75. The van der Waals surface area contributed by atoms with Crippen LogP contribution in [-0.4, -0.2) is 13.2 Å². The Labute approximate surface area is 120 Å². The summed E-state index contributed by atoms with van der Waals surface area (Å²) in [6.07, 6.45) is 4.49. The summed E-state index contributed by atoms with van der Waals surface area (Å²) >= 11 is 0. The van der Waals surface area contributed by atoms with E-state index in [1.54, 1.807) is 0 Å².